The van der Waals surface area contributed by atoms with Crippen molar-refractivity contribution in [1.82, 2.24) is 0 Å². The Hall–Kier alpha value is -2.55. The quantitative estimate of drug-likeness (QED) is 0.389. The van der Waals surface area contributed by atoms with Crippen molar-refractivity contribution in [3.63, 3.8) is 0 Å². The van der Waals surface area contributed by atoms with Gasteiger partial charge in [0.2, 0.25) is 5.91 Å². The van der Waals surface area contributed by atoms with E-state index in [-0.39, 0.29) is 23.0 Å². The molecule has 0 aromatic heterocycles. The number of phenolic OH excluding ortho intramolecular Hbond substituents is 1. The van der Waals surface area contributed by atoms with Crippen molar-refractivity contribution >= 4 is 11.6 Å². The second-order valence-corrected chi connectivity index (χ2v) is 8.84. The lowest BCUT2D eigenvalue weighted by Crippen LogP contribution is -2.19. The Bertz CT molecular complexity index is 823. The summed E-state index contributed by atoms with van der Waals surface area (Å²) in [7, 11) is 0. The minimum Gasteiger partial charge on any atom is -0.508 e. The number of carbonyl (C=O) groups is 1. The molecule has 0 fully saturated rings. The van der Waals surface area contributed by atoms with Gasteiger partial charge in [-0.15, -0.1) is 0 Å². The zero-order chi connectivity index (χ0) is 21.4. The van der Waals surface area contributed by atoms with Crippen LogP contribution in [0.5, 0.6) is 5.75 Å². The van der Waals surface area contributed by atoms with E-state index in [0.717, 1.165) is 0 Å². The molecule has 156 valence electrons. The fourth-order valence-electron chi connectivity index (χ4n) is 3.79. The fraction of sp³-hybridized carbons (Fsp3) is 0.423. The smallest absolute Gasteiger partial charge is 0.224 e. The first kappa shape index (κ1) is 22.7. The first-order valence-electron chi connectivity index (χ1n) is 10.5. The highest BCUT2D eigenvalue weighted by Gasteiger charge is 2.26. The van der Waals surface area contributed by atoms with Crippen molar-refractivity contribution in [1.29, 1.82) is 0 Å². The van der Waals surface area contributed by atoms with Gasteiger partial charge in [0.05, 0.1) is 0 Å². The third kappa shape index (κ3) is 7.41. The van der Waals surface area contributed by atoms with E-state index in [4.69, 9.17) is 0 Å². The van der Waals surface area contributed by atoms with E-state index in [2.05, 4.69) is 57.3 Å². The minimum absolute atomic E-state index is 0.0321. The van der Waals surface area contributed by atoms with Gasteiger partial charge in [0.1, 0.15) is 5.75 Å². The van der Waals surface area contributed by atoms with Gasteiger partial charge in [-0.2, -0.15) is 0 Å². The van der Waals surface area contributed by atoms with Crippen LogP contribution < -0.4 is 5.32 Å². The van der Waals surface area contributed by atoms with Crippen LogP contribution in [0.4, 0.5) is 5.69 Å². The molecule has 0 heterocycles. The average molecular weight is 394 g/mol. The zero-order valence-corrected chi connectivity index (χ0v) is 18.5. The Morgan fingerprint density at radius 1 is 1.28 bits per heavy atom. The monoisotopic (exact) mass is 393 g/mol. The Morgan fingerprint density at radius 2 is 1.97 bits per heavy atom. The number of aromatic hydroxyl groups is 1. The Kier molecular flexibility index (Phi) is 8.07. The number of benzene rings is 1. The topological polar surface area (TPSA) is 49.3 Å². The summed E-state index contributed by atoms with van der Waals surface area (Å²) in [5.74, 6) is 0.298. The highest BCUT2D eigenvalue weighted by Crippen LogP contribution is 2.40. The van der Waals surface area contributed by atoms with Crippen LogP contribution in [-0.4, -0.2) is 11.0 Å². The lowest BCUT2D eigenvalue weighted by Gasteiger charge is -2.32. The van der Waals surface area contributed by atoms with Gasteiger partial charge >= 0.3 is 0 Å². The van der Waals surface area contributed by atoms with Gasteiger partial charge < -0.3 is 10.4 Å². The van der Waals surface area contributed by atoms with Crippen molar-refractivity contribution in [2.24, 2.45) is 11.3 Å². The normalized spacial score (nSPS) is 18.4. The first-order valence-corrected chi connectivity index (χ1v) is 10.5. The maximum absolute atomic E-state index is 12.1. The number of hydrogen-bond donors (Lipinski definition) is 2. The lowest BCUT2D eigenvalue weighted by molar-refractivity contribution is -0.116. The van der Waals surface area contributed by atoms with Crippen LogP contribution >= 0.6 is 0 Å². The van der Waals surface area contributed by atoms with Gasteiger partial charge in [0.25, 0.3) is 0 Å². The fourth-order valence-corrected chi connectivity index (χ4v) is 3.79. The van der Waals surface area contributed by atoms with Crippen molar-refractivity contribution in [2.45, 2.75) is 60.3 Å². The van der Waals surface area contributed by atoms with Crippen LogP contribution in [-0.2, 0) is 4.79 Å². The number of carbonyl (C=O) groups excluding carboxylic acids is 1. The first-order chi connectivity index (χ1) is 13.7. The summed E-state index contributed by atoms with van der Waals surface area (Å²) in [5, 5.41) is 12.1. The molecular weight excluding hydrogens is 358 g/mol. The number of amides is 1. The molecule has 0 saturated carbocycles. The van der Waals surface area contributed by atoms with Crippen LogP contribution in [0.25, 0.3) is 0 Å². The van der Waals surface area contributed by atoms with Crippen molar-refractivity contribution in [2.75, 3.05) is 5.32 Å². The predicted molar refractivity (Wildman–Crippen MR) is 123 cm³/mol. The standard InChI is InChI=1S/C26H35NO2/c1-19(11-16-24-21(3)10-7-17-26(24,4)5)8-6-9-20(2)18-25(29)27-22-12-14-23(28)15-13-22/h6,8-9,11-16,20,28H,7,10,17-18H2,1-5H3,(H,27,29)/b9-6+,16-11+,19-8+. The van der Waals surface area contributed by atoms with Gasteiger partial charge in [0.15, 0.2) is 0 Å². The molecule has 29 heavy (non-hydrogen) atoms. The van der Waals surface area contributed by atoms with Gasteiger partial charge in [0, 0.05) is 12.1 Å². The molecule has 3 nitrogen and oxygen atoms in total. The summed E-state index contributed by atoms with van der Waals surface area (Å²) < 4.78 is 0. The summed E-state index contributed by atoms with van der Waals surface area (Å²) >= 11 is 0. The van der Waals surface area contributed by atoms with E-state index < -0.39 is 0 Å². The number of rotatable bonds is 7. The van der Waals surface area contributed by atoms with E-state index in [1.807, 2.05) is 13.0 Å². The van der Waals surface area contributed by atoms with Crippen molar-refractivity contribution in [3.8, 4) is 5.75 Å². The SMILES string of the molecule is CC1=C(/C=C/C(C)=C/C=C/C(C)CC(=O)Nc2ccc(O)cc2)C(C)(C)CCC1. The van der Waals surface area contributed by atoms with Gasteiger partial charge in [-0.25, -0.2) is 0 Å². The summed E-state index contributed by atoms with van der Waals surface area (Å²) in [6, 6.07) is 6.51. The summed E-state index contributed by atoms with van der Waals surface area (Å²) in [6.07, 6.45) is 14.8. The molecule has 2 rings (SSSR count). The molecule has 1 atom stereocenters. The van der Waals surface area contributed by atoms with Crippen molar-refractivity contribution < 1.29 is 9.90 Å². The van der Waals surface area contributed by atoms with E-state index in [9.17, 15) is 9.90 Å². The molecule has 1 aliphatic rings. The van der Waals surface area contributed by atoms with E-state index in [1.165, 1.54) is 36.0 Å². The predicted octanol–water partition coefficient (Wildman–Crippen LogP) is 6.94. The molecule has 3 heteroatoms. The number of phenols is 1. The molecule has 1 amide bonds. The molecule has 1 unspecified atom stereocenters. The van der Waals surface area contributed by atoms with Crippen LogP contribution in [0.15, 0.2) is 71.4 Å². The second-order valence-electron chi connectivity index (χ2n) is 8.84. The van der Waals surface area contributed by atoms with Crippen LogP contribution in [0, 0.1) is 11.3 Å². The lowest BCUT2D eigenvalue weighted by atomic mass is 9.72. The molecule has 0 aliphatic heterocycles. The second kappa shape index (κ2) is 10.3. The Labute approximate surface area is 175 Å². The van der Waals surface area contributed by atoms with E-state index >= 15 is 0 Å². The van der Waals surface area contributed by atoms with Gasteiger partial charge in [-0.3, -0.25) is 4.79 Å². The molecule has 2 N–H and O–H groups in total. The Morgan fingerprint density at radius 3 is 2.62 bits per heavy atom. The largest absolute Gasteiger partial charge is 0.508 e. The highest BCUT2D eigenvalue weighted by molar-refractivity contribution is 5.90. The van der Waals surface area contributed by atoms with Crippen molar-refractivity contribution in [3.05, 3.63) is 71.4 Å². The minimum atomic E-state index is -0.0321. The van der Waals surface area contributed by atoms with Gasteiger partial charge in [-0.05, 0) is 74.3 Å². The molecular formula is C26H35NO2. The number of allylic oxidation sites excluding steroid dienone is 8. The van der Waals surface area contributed by atoms with Crippen LogP contribution in [0.3, 0.4) is 0 Å². The molecule has 1 aromatic rings. The summed E-state index contributed by atoms with van der Waals surface area (Å²) in [6.45, 7) is 11.1. The average Bonchev–Trinajstić information content (AvgIpc) is 2.62. The van der Waals surface area contributed by atoms with Crippen LogP contribution in [0.1, 0.15) is 60.3 Å². The third-order valence-corrected chi connectivity index (χ3v) is 5.51. The third-order valence-electron chi connectivity index (χ3n) is 5.51. The summed E-state index contributed by atoms with van der Waals surface area (Å²) in [4.78, 5) is 12.1. The van der Waals surface area contributed by atoms with Crippen LogP contribution in [0.2, 0.25) is 0 Å². The molecule has 0 spiro atoms. The Balaban J connectivity index is 1.87. The summed E-state index contributed by atoms with van der Waals surface area (Å²) in [5.41, 5.74) is 5.13. The number of hydrogen-bond acceptors (Lipinski definition) is 2. The number of anilines is 1. The maximum atomic E-state index is 12.1. The highest BCUT2D eigenvalue weighted by atomic mass is 16.3. The van der Waals surface area contributed by atoms with E-state index in [0.29, 0.717) is 12.1 Å². The zero-order valence-electron chi connectivity index (χ0n) is 18.5. The molecule has 0 saturated heterocycles. The van der Waals surface area contributed by atoms with E-state index in [1.54, 1.807) is 24.3 Å². The number of nitrogens with one attached hydrogen (secondary N) is 1. The molecule has 0 radical (unpaired) electrons. The molecule has 1 aliphatic carbocycles. The van der Waals surface area contributed by atoms with Gasteiger partial charge in [-0.1, -0.05) is 62.3 Å². The maximum Gasteiger partial charge on any atom is 0.224 e. The molecule has 1 aromatic carbocycles. The molecule has 0 bridgehead atoms.